The molecule has 25 heavy (non-hydrogen) atoms. The lowest BCUT2D eigenvalue weighted by molar-refractivity contribution is 0.330. The molecule has 3 aromatic rings. The lowest BCUT2D eigenvalue weighted by Gasteiger charge is -2.17. The van der Waals surface area contributed by atoms with Gasteiger partial charge in [-0.1, -0.05) is 18.2 Å². The Bertz CT molecular complexity index is 886. The van der Waals surface area contributed by atoms with Crippen molar-refractivity contribution in [2.75, 3.05) is 18.4 Å². The molecule has 0 amide bonds. The fourth-order valence-corrected chi connectivity index (χ4v) is 4.65. The Morgan fingerprint density at radius 1 is 1.16 bits per heavy atom. The molecule has 128 valence electrons. The van der Waals surface area contributed by atoms with Crippen LogP contribution in [0.5, 0.6) is 0 Å². The summed E-state index contributed by atoms with van der Waals surface area (Å²) in [7, 11) is 0. The van der Waals surface area contributed by atoms with Gasteiger partial charge < -0.3 is 5.32 Å². The van der Waals surface area contributed by atoms with Crippen molar-refractivity contribution >= 4 is 27.2 Å². The lowest BCUT2D eigenvalue weighted by Crippen LogP contribution is -2.26. The maximum Gasteiger partial charge on any atom is 0.133 e. The van der Waals surface area contributed by atoms with Crippen LogP contribution in [-0.2, 0) is 6.54 Å². The van der Waals surface area contributed by atoms with Crippen LogP contribution in [-0.4, -0.2) is 34.0 Å². The number of nitrogens with one attached hydrogen (secondary N) is 1. The van der Waals surface area contributed by atoms with Crippen molar-refractivity contribution in [2.45, 2.75) is 37.8 Å². The molecule has 1 saturated carbocycles. The van der Waals surface area contributed by atoms with Crippen LogP contribution < -0.4 is 5.32 Å². The Morgan fingerprint density at radius 2 is 2.08 bits per heavy atom. The predicted molar refractivity (Wildman–Crippen MR) is 103 cm³/mol. The van der Waals surface area contributed by atoms with Gasteiger partial charge in [0.2, 0.25) is 0 Å². The minimum atomic E-state index is 0.479. The molecule has 0 bridgehead atoms. The third-order valence-corrected chi connectivity index (χ3v) is 6.21. The van der Waals surface area contributed by atoms with Crippen molar-refractivity contribution in [1.29, 1.82) is 0 Å². The summed E-state index contributed by atoms with van der Waals surface area (Å²) >= 11 is 1.85. The molecule has 1 N–H and O–H groups in total. The maximum atomic E-state index is 4.70. The molecule has 2 aromatic heterocycles. The molecule has 1 saturated heterocycles. The van der Waals surface area contributed by atoms with Crippen LogP contribution in [0.3, 0.4) is 0 Å². The van der Waals surface area contributed by atoms with Crippen LogP contribution in [0.15, 0.2) is 41.9 Å². The first kappa shape index (κ1) is 15.3. The summed E-state index contributed by atoms with van der Waals surface area (Å²) < 4.78 is 1.39. The number of hydrogen-bond acceptors (Lipinski definition) is 5. The molecule has 5 heteroatoms. The first-order valence-corrected chi connectivity index (χ1v) is 10.00. The fraction of sp³-hybridized carbons (Fsp3) is 0.400. The monoisotopic (exact) mass is 350 g/mol. The number of nitrogens with zero attached hydrogens (tertiary/aromatic N) is 3. The molecule has 0 spiro atoms. The van der Waals surface area contributed by atoms with Crippen molar-refractivity contribution in [3.63, 3.8) is 0 Å². The normalized spacial score (nSPS) is 21.0. The van der Waals surface area contributed by atoms with Gasteiger partial charge in [-0.3, -0.25) is 4.90 Å². The van der Waals surface area contributed by atoms with Crippen molar-refractivity contribution in [2.24, 2.45) is 0 Å². The zero-order chi connectivity index (χ0) is 16.6. The number of aromatic nitrogens is 2. The topological polar surface area (TPSA) is 41.0 Å². The highest BCUT2D eigenvalue weighted by molar-refractivity contribution is 7.17. The van der Waals surface area contributed by atoms with Gasteiger partial charge in [0.05, 0.1) is 0 Å². The Labute approximate surface area is 151 Å². The first-order valence-electron chi connectivity index (χ1n) is 9.12. The molecule has 0 radical (unpaired) electrons. The zero-order valence-electron chi connectivity index (χ0n) is 14.2. The molecule has 2 aliphatic rings. The van der Waals surface area contributed by atoms with Crippen LogP contribution in [0.2, 0.25) is 0 Å². The van der Waals surface area contributed by atoms with Crippen LogP contribution in [0.1, 0.15) is 36.6 Å². The molecular formula is C20H22N4S. The van der Waals surface area contributed by atoms with E-state index in [1.807, 2.05) is 23.6 Å². The van der Waals surface area contributed by atoms with Crippen molar-refractivity contribution in [3.05, 3.63) is 53.3 Å². The van der Waals surface area contributed by atoms with Crippen LogP contribution in [0.4, 0.5) is 5.82 Å². The first-order chi connectivity index (χ1) is 12.3. The van der Waals surface area contributed by atoms with E-state index in [0.29, 0.717) is 12.0 Å². The summed E-state index contributed by atoms with van der Waals surface area (Å²) in [5.41, 5.74) is 1.46. The second-order valence-corrected chi connectivity index (χ2v) is 8.11. The lowest BCUT2D eigenvalue weighted by atomic mass is 10.2. The molecule has 3 heterocycles. The van der Waals surface area contributed by atoms with Gasteiger partial charge in [-0.25, -0.2) is 9.97 Å². The molecule has 2 fully saturated rings. The van der Waals surface area contributed by atoms with E-state index in [2.05, 4.69) is 44.8 Å². The van der Waals surface area contributed by atoms with E-state index in [0.717, 1.165) is 31.3 Å². The minimum absolute atomic E-state index is 0.479. The Kier molecular flexibility index (Phi) is 3.91. The smallest absolute Gasteiger partial charge is 0.133 e. The van der Waals surface area contributed by atoms with E-state index in [4.69, 9.17) is 4.98 Å². The molecular weight excluding hydrogens is 328 g/mol. The van der Waals surface area contributed by atoms with E-state index in [-0.39, 0.29) is 0 Å². The van der Waals surface area contributed by atoms with Crippen LogP contribution >= 0.6 is 11.3 Å². The number of anilines is 1. The number of thiophene rings is 1. The van der Waals surface area contributed by atoms with E-state index < -0.39 is 0 Å². The largest absolute Gasteiger partial charge is 0.366 e. The second-order valence-electron chi connectivity index (χ2n) is 7.20. The standard InChI is InChI=1S/C20H22N4S/c1-2-4-18-17(3-1)15(13-25-18)11-24-10-8-16(12-24)22-19-7-9-21-20(23-19)14-5-6-14/h1-4,7,9,13-14,16H,5-6,8,10-12H2,(H,21,22,23). The molecule has 5 rings (SSSR count). The Balaban J connectivity index is 1.23. The molecule has 1 aromatic carbocycles. The van der Waals surface area contributed by atoms with Crippen molar-refractivity contribution < 1.29 is 0 Å². The minimum Gasteiger partial charge on any atom is -0.366 e. The highest BCUT2D eigenvalue weighted by Gasteiger charge is 2.27. The van der Waals surface area contributed by atoms with E-state index in [1.165, 1.54) is 34.9 Å². The zero-order valence-corrected chi connectivity index (χ0v) is 15.0. The Morgan fingerprint density at radius 3 is 3.00 bits per heavy atom. The molecule has 1 aliphatic carbocycles. The SMILES string of the molecule is c1ccc2c(CN3CCC(Nc4ccnc(C5CC5)n4)C3)csc2c1. The van der Waals surface area contributed by atoms with Gasteiger partial charge in [0.25, 0.3) is 0 Å². The quantitative estimate of drug-likeness (QED) is 0.747. The van der Waals surface area contributed by atoms with Crippen LogP contribution in [0, 0.1) is 0 Å². The molecule has 1 atom stereocenters. The number of benzene rings is 1. The molecule has 1 aliphatic heterocycles. The summed E-state index contributed by atoms with van der Waals surface area (Å²) in [5.74, 6) is 2.61. The average Bonchev–Trinajstić information content (AvgIpc) is 3.29. The number of rotatable bonds is 5. The molecule has 1 unspecified atom stereocenters. The van der Waals surface area contributed by atoms with Gasteiger partial charge in [-0.05, 0) is 47.7 Å². The Hall–Kier alpha value is -1.98. The van der Waals surface area contributed by atoms with Gasteiger partial charge in [-0.2, -0.15) is 0 Å². The van der Waals surface area contributed by atoms with Crippen LogP contribution in [0.25, 0.3) is 10.1 Å². The predicted octanol–water partition coefficient (Wildman–Crippen LogP) is 4.26. The second kappa shape index (κ2) is 6.39. The summed E-state index contributed by atoms with van der Waals surface area (Å²) in [6.07, 6.45) is 5.56. The average molecular weight is 350 g/mol. The maximum absolute atomic E-state index is 4.70. The highest BCUT2D eigenvalue weighted by Crippen LogP contribution is 2.38. The van der Waals surface area contributed by atoms with Gasteiger partial charge in [0.15, 0.2) is 0 Å². The third kappa shape index (κ3) is 3.26. The van der Waals surface area contributed by atoms with Gasteiger partial charge in [0, 0.05) is 42.5 Å². The van der Waals surface area contributed by atoms with Gasteiger partial charge in [-0.15, -0.1) is 11.3 Å². The summed E-state index contributed by atoms with van der Waals surface area (Å²) in [6.45, 7) is 3.26. The summed E-state index contributed by atoms with van der Waals surface area (Å²) in [6, 6.07) is 11.2. The van der Waals surface area contributed by atoms with E-state index in [1.54, 1.807) is 0 Å². The highest BCUT2D eigenvalue weighted by atomic mass is 32.1. The van der Waals surface area contributed by atoms with Crippen molar-refractivity contribution in [1.82, 2.24) is 14.9 Å². The summed E-state index contributed by atoms with van der Waals surface area (Å²) in [5, 5.41) is 7.35. The van der Waals surface area contributed by atoms with Crippen molar-refractivity contribution in [3.8, 4) is 0 Å². The summed E-state index contributed by atoms with van der Waals surface area (Å²) in [4.78, 5) is 11.7. The van der Waals surface area contributed by atoms with E-state index in [9.17, 15) is 0 Å². The van der Waals surface area contributed by atoms with Gasteiger partial charge >= 0.3 is 0 Å². The third-order valence-electron chi connectivity index (χ3n) is 5.20. The van der Waals surface area contributed by atoms with Gasteiger partial charge in [0.1, 0.15) is 11.6 Å². The number of likely N-dealkylation sites (tertiary alicyclic amines) is 1. The molecule has 4 nitrogen and oxygen atoms in total. The van der Waals surface area contributed by atoms with E-state index >= 15 is 0 Å². The number of hydrogen-bond donors (Lipinski definition) is 1. The number of fused-ring (bicyclic) bond motifs is 1. The fourth-order valence-electron chi connectivity index (χ4n) is 3.69.